The molecule has 0 aliphatic carbocycles. The Hall–Kier alpha value is -2.38. The zero-order valence-electron chi connectivity index (χ0n) is 15.8. The molecule has 3 aromatic rings. The highest BCUT2D eigenvalue weighted by atomic mass is 79.9. The summed E-state index contributed by atoms with van der Waals surface area (Å²) in [5, 5.41) is 12.2. The average molecular weight is 457 g/mol. The van der Waals surface area contributed by atoms with Gasteiger partial charge in [-0.15, -0.1) is 16.8 Å². The number of aryl methyl sites for hydroxylation is 2. The number of hydrogen-bond acceptors (Lipinski definition) is 4. The molecule has 0 saturated carbocycles. The minimum absolute atomic E-state index is 0.0976. The van der Waals surface area contributed by atoms with Crippen LogP contribution in [0.4, 0.5) is 5.69 Å². The first-order valence-electron chi connectivity index (χ1n) is 8.78. The summed E-state index contributed by atoms with van der Waals surface area (Å²) in [6, 6.07) is 13.9. The maximum atomic E-state index is 12.4. The van der Waals surface area contributed by atoms with E-state index < -0.39 is 0 Å². The van der Waals surface area contributed by atoms with Crippen LogP contribution in [0.2, 0.25) is 0 Å². The summed E-state index contributed by atoms with van der Waals surface area (Å²) < 4.78 is 2.83. The quantitative estimate of drug-likeness (QED) is 0.389. The number of carbonyl (C=O) groups excluding carboxylic acids is 1. The van der Waals surface area contributed by atoms with Gasteiger partial charge in [-0.05, 0) is 47.5 Å². The van der Waals surface area contributed by atoms with Crippen molar-refractivity contribution in [1.29, 1.82) is 0 Å². The van der Waals surface area contributed by atoms with Crippen LogP contribution in [0.3, 0.4) is 0 Å². The zero-order valence-corrected chi connectivity index (χ0v) is 18.2. The third-order valence-corrected chi connectivity index (χ3v) is 5.69. The van der Waals surface area contributed by atoms with E-state index >= 15 is 0 Å². The van der Waals surface area contributed by atoms with Gasteiger partial charge in [0.15, 0.2) is 11.0 Å². The maximum absolute atomic E-state index is 12.4. The molecule has 0 saturated heterocycles. The highest BCUT2D eigenvalue weighted by Gasteiger charge is 2.15. The van der Waals surface area contributed by atoms with Gasteiger partial charge in [0.1, 0.15) is 0 Å². The molecule has 28 heavy (non-hydrogen) atoms. The lowest BCUT2D eigenvalue weighted by molar-refractivity contribution is -0.113. The van der Waals surface area contributed by atoms with Gasteiger partial charge in [-0.3, -0.25) is 9.36 Å². The number of hydrogen-bond donors (Lipinski definition) is 1. The van der Waals surface area contributed by atoms with Crippen molar-refractivity contribution in [1.82, 2.24) is 14.8 Å². The van der Waals surface area contributed by atoms with Crippen LogP contribution in [-0.2, 0) is 11.3 Å². The second-order valence-electron chi connectivity index (χ2n) is 6.39. The predicted octanol–water partition coefficient (Wildman–Crippen LogP) is 5.24. The van der Waals surface area contributed by atoms with Crippen molar-refractivity contribution in [3.63, 3.8) is 0 Å². The molecular weight excluding hydrogens is 436 g/mol. The van der Waals surface area contributed by atoms with Crippen LogP contribution in [0.15, 0.2) is 64.7 Å². The topological polar surface area (TPSA) is 59.8 Å². The summed E-state index contributed by atoms with van der Waals surface area (Å²) in [5.74, 6) is 0.910. The molecule has 0 spiro atoms. The SMILES string of the molecule is C=CCn1c(SCC(=O)Nc2ccc(C)cc2Br)nnc1-c1ccc(C)cc1. The third-order valence-electron chi connectivity index (χ3n) is 4.07. The van der Waals surface area contributed by atoms with Gasteiger partial charge in [0.05, 0.1) is 11.4 Å². The van der Waals surface area contributed by atoms with Gasteiger partial charge in [0.25, 0.3) is 0 Å². The molecule has 0 radical (unpaired) electrons. The van der Waals surface area contributed by atoms with Gasteiger partial charge >= 0.3 is 0 Å². The normalized spacial score (nSPS) is 10.7. The lowest BCUT2D eigenvalue weighted by Gasteiger charge is -2.09. The molecule has 7 heteroatoms. The molecule has 1 amide bonds. The fourth-order valence-electron chi connectivity index (χ4n) is 2.64. The summed E-state index contributed by atoms with van der Waals surface area (Å²) in [5.41, 5.74) is 4.05. The van der Waals surface area contributed by atoms with Crippen LogP contribution in [-0.4, -0.2) is 26.4 Å². The molecule has 0 aliphatic heterocycles. The summed E-state index contributed by atoms with van der Waals surface area (Å²) in [7, 11) is 0. The molecule has 1 aromatic heterocycles. The number of carbonyl (C=O) groups is 1. The Morgan fingerprint density at radius 3 is 2.57 bits per heavy atom. The molecule has 2 aromatic carbocycles. The molecule has 0 unspecified atom stereocenters. The van der Waals surface area contributed by atoms with Crippen LogP contribution < -0.4 is 5.32 Å². The van der Waals surface area contributed by atoms with Crippen molar-refractivity contribution < 1.29 is 4.79 Å². The Morgan fingerprint density at radius 1 is 1.18 bits per heavy atom. The summed E-state index contributed by atoms with van der Waals surface area (Å²) in [6.45, 7) is 8.45. The fourth-order valence-corrected chi connectivity index (χ4v) is 3.98. The number of nitrogens with one attached hydrogen (secondary N) is 1. The number of allylic oxidation sites excluding steroid dienone is 1. The molecule has 3 rings (SSSR count). The lowest BCUT2D eigenvalue weighted by Crippen LogP contribution is -2.15. The van der Waals surface area contributed by atoms with E-state index in [0.717, 1.165) is 27.1 Å². The molecule has 0 atom stereocenters. The maximum Gasteiger partial charge on any atom is 0.234 e. The van der Waals surface area contributed by atoms with Crippen molar-refractivity contribution in [3.8, 4) is 11.4 Å². The third kappa shape index (κ3) is 4.91. The van der Waals surface area contributed by atoms with Crippen molar-refractivity contribution in [2.24, 2.45) is 0 Å². The Kier molecular flexibility index (Phi) is 6.70. The van der Waals surface area contributed by atoms with E-state index in [1.54, 1.807) is 6.08 Å². The van der Waals surface area contributed by atoms with Crippen molar-refractivity contribution >= 4 is 39.3 Å². The Labute approximate surface area is 177 Å². The standard InChI is InChI=1S/C21H21BrN4OS/c1-4-11-26-20(16-8-5-14(2)6-9-16)24-25-21(26)28-13-19(27)23-18-10-7-15(3)12-17(18)22/h4-10,12H,1,11,13H2,2-3H3,(H,23,27). The molecular formula is C21H21BrN4OS. The van der Waals surface area contributed by atoms with Gasteiger partial charge in [0.2, 0.25) is 5.91 Å². The number of halogens is 1. The molecule has 0 aliphatic rings. The second kappa shape index (κ2) is 9.21. The highest BCUT2D eigenvalue weighted by Crippen LogP contribution is 2.26. The van der Waals surface area contributed by atoms with Crippen molar-refractivity contribution in [2.45, 2.75) is 25.5 Å². The summed E-state index contributed by atoms with van der Waals surface area (Å²) >= 11 is 4.84. The minimum atomic E-state index is -0.0976. The molecule has 1 N–H and O–H groups in total. The van der Waals surface area contributed by atoms with E-state index in [2.05, 4.69) is 38.0 Å². The largest absolute Gasteiger partial charge is 0.324 e. The van der Waals surface area contributed by atoms with E-state index in [1.807, 2.05) is 60.9 Å². The molecule has 0 fully saturated rings. The van der Waals surface area contributed by atoms with Crippen LogP contribution in [0.25, 0.3) is 11.4 Å². The van der Waals surface area contributed by atoms with Crippen molar-refractivity contribution in [2.75, 3.05) is 11.1 Å². The van der Waals surface area contributed by atoms with Crippen molar-refractivity contribution in [3.05, 3.63) is 70.7 Å². The first kappa shape index (κ1) is 20.4. The molecule has 5 nitrogen and oxygen atoms in total. The smallest absolute Gasteiger partial charge is 0.234 e. The Balaban J connectivity index is 1.72. The lowest BCUT2D eigenvalue weighted by atomic mass is 10.1. The fraction of sp³-hybridized carbons (Fsp3) is 0.190. The summed E-state index contributed by atoms with van der Waals surface area (Å²) in [4.78, 5) is 12.4. The second-order valence-corrected chi connectivity index (χ2v) is 8.19. The van der Waals surface area contributed by atoms with Gasteiger partial charge in [-0.2, -0.15) is 0 Å². The van der Waals surface area contributed by atoms with Crippen LogP contribution in [0.5, 0.6) is 0 Å². The van der Waals surface area contributed by atoms with E-state index in [1.165, 1.54) is 17.3 Å². The van der Waals surface area contributed by atoms with E-state index in [9.17, 15) is 4.79 Å². The number of amides is 1. The Bertz CT molecular complexity index is 998. The van der Waals surface area contributed by atoms with Gasteiger partial charge < -0.3 is 5.32 Å². The Morgan fingerprint density at radius 2 is 1.89 bits per heavy atom. The van der Waals surface area contributed by atoms with E-state index in [4.69, 9.17) is 0 Å². The first-order chi connectivity index (χ1) is 13.5. The molecule has 144 valence electrons. The highest BCUT2D eigenvalue weighted by molar-refractivity contribution is 9.10. The monoisotopic (exact) mass is 456 g/mol. The molecule has 0 bridgehead atoms. The van der Waals surface area contributed by atoms with Gasteiger partial charge in [-0.1, -0.05) is 53.7 Å². The predicted molar refractivity (Wildman–Crippen MR) is 119 cm³/mol. The number of aromatic nitrogens is 3. The van der Waals surface area contributed by atoms with E-state index in [0.29, 0.717) is 11.7 Å². The summed E-state index contributed by atoms with van der Waals surface area (Å²) in [6.07, 6.45) is 1.80. The molecule has 1 heterocycles. The zero-order chi connectivity index (χ0) is 20.1. The number of anilines is 1. The van der Waals surface area contributed by atoms with Gasteiger partial charge in [-0.25, -0.2) is 0 Å². The average Bonchev–Trinajstić information content (AvgIpc) is 3.06. The van der Waals surface area contributed by atoms with Gasteiger partial charge in [0, 0.05) is 16.6 Å². The van der Waals surface area contributed by atoms with Crippen LogP contribution in [0.1, 0.15) is 11.1 Å². The van der Waals surface area contributed by atoms with Crippen LogP contribution in [0, 0.1) is 13.8 Å². The number of nitrogens with zero attached hydrogens (tertiary/aromatic N) is 3. The first-order valence-corrected chi connectivity index (χ1v) is 10.6. The number of rotatable bonds is 7. The minimum Gasteiger partial charge on any atom is -0.324 e. The number of benzene rings is 2. The van der Waals surface area contributed by atoms with E-state index in [-0.39, 0.29) is 11.7 Å². The number of thioether (sulfide) groups is 1. The van der Waals surface area contributed by atoms with Crippen LogP contribution >= 0.6 is 27.7 Å².